The highest BCUT2D eigenvalue weighted by Gasteiger charge is 2.34. The molecule has 1 heterocycles. The first-order valence-corrected chi connectivity index (χ1v) is 3.81. The maximum Gasteiger partial charge on any atom is 0.434 e. The zero-order valence-electron chi connectivity index (χ0n) is 7.60. The van der Waals surface area contributed by atoms with Crippen molar-refractivity contribution in [1.82, 2.24) is 9.55 Å². The van der Waals surface area contributed by atoms with Crippen LogP contribution in [0.4, 0.5) is 13.2 Å². The molecule has 0 aliphatic heterocycles. The second kappa shape index (κ2) is 3.32. The molecule has 0 saturated carbocycles. The van der Waals surface area contributed by atoms with E-state index in [2.05, 4.69) is 18.1 Å². The van der Waals surface area contributed by atoms with Crippen LogP contribution >= 0.6 is 0 Å². The number of alkyl halides is 3. The highest BCUT2D eigenvalue weighted by atomic mass is 19.4. The summed E-state index contributed by atoms with van der Waals surface area (Å²) < 4.78 is 37.9. The molecule has 1 aromatic rings. The molecule has 0 atom stereocenters. The molecule has 0 N–H and O–H groups in total. The van der Waals surface area contributed by atoms with Gasteiger partial charge in [0.2, 0.25) is 0 Å². The molecule has 1 aromatic heterocycles. The van der Waals surface area contributed by atoms with Crippen LogP contribution in [-0.2, 0) is 6.18 Å². The minimum atomic E-state index is -4.42. The van der Waals surface area contributed by atoms with E-state index in [1.165, 1.54) is 17.6 Å². The number of nitrogens with zero attached hydrogens (tertiary/aromatic N) is 2. The van der Waals surface area contributed by atoms with Crippen molar-refractivity contribution in [2.75, 3.05) is 0 Å². The number of rotatable bonds is 2. The first-order valence-electron chi connectivity index (χ1n) is 3.81. The van der Waals surface area contributed by atoms with Crippen molar-refractivity contribution in [1.29, 1.82) is 0 Å². The highest BCUT2D eigenvalue weighted by Crippen LogP contribution is 2.28. The Kier molecular flexibility index (Phi) is 2.51. The monoisotopic (exact) mass is 202 g/mol. The molecule has 0 fully saturated rings. The Morgan fingerprint density at radius 2 is 2.14 bits per heavy atom. The average Bonchev–Trinajstić information content (AvgIpc) is 2.45. The topological polar surface area (TPSA) is 17.8 Å². The van der Waals surface area contributed by atoms with Gasteiger partial charge in [-0.3, -0.25) is 0 Å². The van der Waals surface area contributed by atoms with Crippen LogP contribution < -0.4 is 0 Å². The molecule has 0 radical (unpaired) electrons. The Labute approximate surface area is 79.4 Å². The van der Waals surface area contributed by atoms with E-state index in [0.29, 0.717) is 5.70 Å². The fourth-order valence-electron chi connectivity index (χ4n) is 0.998. The molecule has 2 nitrogen and oxygen atoms in total. The maximum atomic E-state index is 12.2. The maximum absolute atomic E-state index is 12.2. The van der Waals surface area contributed by atoms with Gasteiger partial charge in [-0.1, -0.05) is 13.2 Å². The zero-order chi connectivity index (χ0) is 10.9. The SMILES string of the molecule is C=CC(=C)n1cc(C(F)(F)F)nc1C. The van der Waals surface area contributed by atoms with Crippen molar-refractivity contribution in [2.24, 2.45) is 0 Å². The van der Waals surface area contributed by atoms with E-state index in [1.807, 2.05) is 0 Å². The van der Waals surface area contributed by atoms with Crippen molar-refractivity contribution < 1.29 is 13.2 Å². The predicted molar refractivity (Wildman–Crippen MR) is 47.5 cm³/mol. The van der Waals surface area contributed by atoms with Gasteiger partial charge in [-0.15, -0.1) is 0 Å². The lowest BCUT2D eigenvalue weighted by molar-refractivity contribution is -0.141. The normalized spacial score (nSPS) is 11.4. The van der Waals surface area contributed by atoms with Crippen LogP contribution in [0.5, 0.6) is 0 Å². The van der Waals surface area contributed by atoms with Gasteiger partial charge in [-0.25, -0.2) is 4.98 Å². The van der Waals surface area contributed by atoms with Gasteiger partial charge < -0.3 is 4.57 Å². The predicted octanol–water partition coefficient (Wildman–Crippen LogP) is 2.87. The quantitative estimate of drug-likeness (QED) is 0.674. The van der Waals surface area contributed by atoms with Gasteiger partial charge >= 0.3 is 6.18 Å². The van der Waals surface area contributed by atoms with E-state index < -0.39 is 11.9 Å². The van der Waals surface area contributed by atoms with Crippen molar-refractivity contribution in [3.8, 4) is 0 Å². The minimum absolute atomic E-state index is 0.238. The summed E-state index contributed by atoms with van der Waals surface area (Å²) in [7, 11) is 0. The second-order valence-electron chi connectivity index (χ2n) is 2.74. The molecular formula is C9H9F3N2. The summed E-state index contributed by atoms with van der Waals surface area (Å²) in [6, 6.07) is 0. The van der Waals surface area contributed by atoms with Crippen molar-refractivity contribution in [3.63, 3.8) is 0 Å². The van der Waals surface area contributed by atoms with Crippen molar-refractivity contribution >= 4 is 5.70 Å². The van der Waals surface area contributed by atoms with Crippen LogP contribution in [-0.4, -0.2) is 9.55 Å². The highest BCUT2D eigenvalue weighted by molar-refractivity contribution is 5.54. The lowest BCUT2D eigenvalue weighted by Crippen LogP contribution is -2.04. The molecule has 0 unspecified atom stereocenters. The first kappa shape index (κ1) is 10.6. The molecule has 0 aliphatic rings. The number of hydrogen-bond acceptors (Lipinski definition) is 1. The van der Waals surface area contributed by atoms with E-state index >= 15 is 0 Å². The molecular weight excluding hydrogens is 193 g/mol. The lowest BCUT2D eigenvalue weighted by atomic mass is 10.4. The van der Waals surface area contributed by atoms with Crippen LogP contribution in [0.2, 0.25) is 0 Å². The van der Waals surface area contributed by atoms with Crippen molar-refractivity contribution in [2.45, 2.75) is 13.1 Å². The molecule has 1 rings (SSSR count). The summed E-state index contributed by atoms with van der Waals surface area (Å²) in [5.74, 6) is 0.238. The van der Waals surface area contributed by atoms with Gasteiger partial charge in [0.1, 0.15) is 5.82 Å². The summed E-state index contributed by atoms with van der Waals surface area (Å²) in [6.07, 6.45) is -2.15. The largest absolute Gasteiger partial charge is 0.434 e. The molecule has 0 amide bonds. The molecule has 0 aromatic carbocycles. The molecule has 5 heteroatoms. The van der Waals surface area contributed by atoms with Crippen LogP contribution in [0.25, 0.3) is 5.70 Å². The fourth-order valence-corrected chi connectivity index (χ4v) is 0.998. The third-order valence-corrected chi connectivity index (χ3v) is 1.72. The zero-order valence-corrected chi connectivity index (χ0v) is 7.60. The average molecular weight is 202 g/mol. The Bertz CT molecular complexity index is 374. The number of aromatic nitrogens is 2. The summed E-state index contributed by atoms with van der Waals surface area (Å²) in [5, 5.41) is 0. The molecule has 14 heavy (non-hydrogen) atoms. The third kappa shape index (κ3) is 1.86. The number of hydrogen-bond donors (Lipinski definition) is 0. The smallest absolute Gasteiger partial charge is 0.304 e. The van der Waals surface area contributed by atoms with E-state index in [4.69, 9.17) is 0 Å². The Hall–Kier alpha value is -1.52. The molecule has 0 saturated heterocycles. The number of aryl methyl sites for hydroxylation is 1. The Balaban J connectivity index is 3.18. The first-order chi connectivity index (χ1) is 6.36. The minimum Gasteiger partial charge on any atom is -0.304 e. The van der Waals surface area contributed by atoms with E-state index in [0.717, 1.165) is 6.20 Å². The van der Waals surface area contributed by atoms with E-state index in [-0.39, 0.29) is 5.82 Å². The summed E-state index contributed by atoms with van der Waals surface area (Å²) in [4.78, 5) is 3.38. The van der Waals surface area contributed by atoms with Crippen LogP contribution in [0.1, 0.15) is 11.5 Å². The van der Waals surface area contributed by atoms with Gasteiger partial charge in [0.05, 0.1) is 0 Å². The number of allylic oxidation sites excluding steroid dienone is 2. The number of halogens is 3. The van der Waals surface area contributed by atoms with E-state index in [9.17, 15) is 13.2 Å². The van der Waals surface area contributed by atoms with Crippen LogP contribution in [0.3, 0.4) is 0 Å². The molecule has 76 valence electrons. The van der Waals surface area contributed by atoms with Gasteiger partial charge in [0.15, 0.2) is 5.69 Å². The summed E-state index contributed by atoms with van der Waals surface area (Å²) >= 11 is 0. The van der Waals surface area contributed by atoms with Gasteiger partial charge in [-0.2, -0.15) is 13.2 Å². The fraction of sp³-hybridized carbons (Fsp3) is 0.222. The summed E-state index contributed by atoms with van der Waals surface area (Å²) in [6.45, 7) is 8.43. The third-order valence-electron chi connectivity index (χ3n) is 1.72. The van der Waals surface area contributed by atoms with Gasteiger partial charge in [0, 0.05) is 11.9 Å². The van der Waals surface area contributed by atoms with Crippen molar-refractivity contribution in [3.05, 3.63) is 36.9 Å². The lowest BCUT2D eigenvalue weighted by Gasteiger charge is -2.02. The van der Waals surface area contributed by atoms with E-state index in [1.54, 1.807) is 0 Å². The second-order valence-corrected chi connectivity index (χ2v) is 2.74. The molecule has 0 spiro atoms. The van der Waals surface area contributed by atoms with Gasteiger partial charge in [0.25, 0.3) is 0 Å². The Morgan fingerprint density at radius 1 is 1.57 bits per heavy atom. The molecule has 0 bridgehead atoms. The summed E-state index contributed by atoms with van der Waals surface area (Å²) in [5.41, 5.74) is -0.552. The standard InChI is InChI=1S/C9H9F3N2/c1-4-6(2)14-5-8(9(10,11)12)13-7(14)3/h4-5H,1-2H2,3H3. The van der Waals surface area contributed by atoms with Gasteiger partial charge in [-0.05, 0) is 13.0 Å². The number of imidazole rings is 1. The van der Waals surface area contributed by atoms with Crippen LogP contribution in [0.15, 0.2) is 25.4 Å². The van der Waals surface area contributed by atoms with Crippen LogP contribution in [0, 0.1) is 6.92 Å². The molecule has 0 aliphatic carbocycles. The Morgan fingerprint density at radius 3 is 2.50 bits per heavy atom.